The van der Waals surface area contributed by atoms with Gasteiger partial charge in [0.05, 0.1) is 10.9 Å². The highest BCUT2D eigenvalue weighted by Crippen LogP contribution is 2.14. The molecule has 0 fully saturated rings. The van der Waals surface area contributed by atoms with Gasteiger partial charge in [-0.25, -0.2) is 13.1 Å². The molecular weight excluding hydrogens is 348 g/mol. The Morgan fingerprint density at radius 2 is 1.65 bits per heavy atom. The summed E-state index contributed by atoms with van der Waals surface area (Å²) in [5.41, 5.74) is 1.44. The lowest BCUT2D eigenvalue weighted by molar-refractivity contribution is 0.0940. The molecule has 0 radical (unpaired) electrons. The zero-order chi connectivity index (χ0) is 19.0. The van der Waals surface area contributed by atoms with Crippen LogP contribution >= 0.6 is 0 Å². The van der Waals surface area contributed by atoms with E-state index in [-0.39, 0.29) is 16.8 Å². The number of hydrogen-bond donors (Lipinski definition) is 2. The molecule has 1 atom stereocenters. The summed E-state index contributed by atoms with van der Waals surface area (Å²) in [6, 6.07) is 15.5. The quantitative estimate of drug-likeness (QED) is 0.658. The van der Waals surface area contributed by atoms with Crippen LogP contribution in [0.5, 0.6) is 0 Å². The molecule has 1 amide bonds. The number of nitrogens with one attached hydrogen (secondary N) is 2. The molecule has 0 saturated carbocycles. The summed E-state index contributed by atoms with van der Waals surface area (Å²) >= 11 is 0. The summed E-state index contributed by atoms with van der Waals surface area (Å²) in [6.45, 7) is 4.40. The molecule has 0 spiro atoms. The van der Waals surface area contributed by atoms with Crippen LogP contribution in [0.15, 0.2) is 59.5 Å². The summed E-state index contributed by atoms with van der Waals surface area (Å²) < 4.78 is 27.0. The Morgan fingerprint density at radius 1 is 1.00 bits per heavy atom. The fraction of sp³-hybridized carbons (Fsp3) is 0.350. The third kappa shape index (κ3) is 5.68. The third-order valence-electron chi connectivity index (χ3n) is 4.15. The zero-order valence-electron chi connectivity index (χ0n) is 15.2. The van der Waals surface area contributed by atoms with Crippen LogP contribution in [0.4, 0.5) is 0 Å². The topological polar surface area (TPSA) is 75.3 Å². The monoisotopic (exact) mass is 374 g/mol. The molecule has 6 heteroatoms. The molecule has 2 aromatic carbocycles. The van der Waals surface area contributed by atoms with Gasteiger partial charge in [0.15, 0.2) is 0 Å². The van der Waals surface area contributed by atoms with Crippen molar-refractivity contribution >= 4 is 15.9 Å². The van der Waals surface area contributed by atoms with E-state index in [9.17, 15) is 13.2 Å². The van der Waals surface area contributed by atoms with E-state index < -0.39 is 10.0 Å². The standard InChI is InChI=1S/C20H26N2O3S/c1-3-4-8-15-21-26(24,25)19-13-11-18(12-14-19)20(23)22-16(2)17-9-6-5-7-10-17/h5-7,9-14,16,21H,3-4,8,15H2,1-2H3,(H,22,23). The predicted molar refractivity (Wildman–Crippen MR) is 103 cm³/mol. The molecule has 1 unspecified atom stereocenters. The van der Waals surface area contributed by atoms with Crippen LogP contribution in [0.25, 0.3) is 0 Å². The Morgan fingerprint density at radius 3 is 2.27 bits per heavy atom. The Kier molecular flexibility index (Phi) is 7.36. The number of hydrogen-bond acceptors (Lipinski definition) is 3. The highest BCUT2D eigenvalue weighted by molar-refractivity contribution is 7.89. The second-order valence-electron chi connectivity index (χ2n) is 6.24. The van der Waals surface area contributed by atoms with Crippen molar-refractivity contribution in [2.75, 3.05) is 6.54 Å². The maximum atomic E-state index is 12.4. The maximum absolute atomic E-state index is 12.4. The van der Waals surface area contributed by atoms with Crippen molar-refractivity contribution in [3.05, 3.63) is 65.7 Å². The Bertz CT molecular complexity index is 803. The summed E-state index contributed by atoms with van der Waals surface area (Å²) in [4.78, 5) is 12.5. The average molecular weight is 375 g/mol. The Labute approximate surface area is 155 Å². The van der Waals surface area contributed by atoms with Gasteiger partial charge in [0.2, 0.25) is 10.0 Å². The molecule has 0 aliphatic rings. The van der Waals surface area contributed by atoms with Crippen LogP contribution in [0.2, 0.25) is 0 Å². The molecule has 0 bridgehead atoms. The van der Waals surface area contributed by atoms with Crippen LogP contribution in [0, 0.1) is 0 Å². The van der Waals surface area contributed by atoms with Crippen molar-refractivity contribution in [2.45, 2.75) is 44.0 Å². The number of rotatable bonds is 9. The van der Waals surface area contributed by atoms with E-state index in [0.717, 1.165) is 24.8 Å². The lowest BCUT2D eigenvalue weighted by atomic mass is 10.1. The first-order chi connectivity index (χ1) is 12.4. The van der Waals surface area contributed by atoms with Gasteiger partial charge in [0, 0.05) is 12.1 Å². The van der Waals surface area contributed by atoms with Gasteiger partial charge in [0.25, 0.3) is 5.91 Å². The van der Waals surface area contributed by atoms with Gasteiger partial charge < -0.3 is 5.32 Å². The van der Waals surface area contributed by atoms with Crippen LogP contribution < -0.4 is 10.0 Å². The first kappa shape index (κ1) is 20.1. The van der Waals surface area contributed by atoms with Crippen LogP contribution in [-0.2, 0) is 10.0 Å². The molecular formula is C20H26N2O3S. The summed E-state index contributed by atoms with van der Waals surface area (Å²) in [6.07, 6.45) is 2.84. The lowest BCUT2D eigenvalue weighted by Gasteiger charge is -2.14. The molecule has 0 aliphatic heterocycles. The number of carbonyl (C=O) groups excluding carboxylic acids is 1. The average Bonchev–Trinajstić information content (AvgIpc) is 2.66. The molecule has 2 N–H and O–H groups in total. The molecule has 0 aromatic heterocycles. The van der Waals surface area contributed by atoms with E-state index in [2.05, 4.69) is 17.0 Å². The predicted octanol–water partition coefficient (Wildman–Crippen LogP) is 3.65. The lowest BCUT2D eigenvalue weighted by Crippen LogP contribution is -2.27. The number of sulfonamides is 1. The smallest absolute Gasteiger partial charge is 0.251 e. The fourth-order valence-corrected chi connectivity index (χ4v) is 3.63. The van der Waals surface area contributed by atoms with Crippen LogP contribution in [-0.4, -0.2) is 20.9 Å². The number of carbonyl (C=O) groups is 1. The molecule has 0 aliphatic carbocycles. The van der Waals surface area contributed by atoms with E-state index in [1.54, 1.807) is 0 Å². The fourth-order valence-electron chi connectivity index (χ4n) is 2.56. The molecule has 26 heavy (non-hydrogen) atoms. The largest absolute Gasteiger partial charge is 0.346 e. The molecule has 0 heterocycles. The highest BCUT2D eigenvalue weighted by atomic mass is 32.2. The number of amides is 1. The SMILES string of the molecule is CCCCCNS(=O)(=O)c1ccc(C(=O)NC(C)c2ccccc2)cc1. The van der Waals surface area contributed by atoms with Gasteiger partial charge in [0.1, 0.15) is 0 Å². The number of unbranched alkanes of at least 4 members (excludes halogenated alkanes) is 2. The van der Waals surface area contributed by atoms with Crippen molar-refractivity contribution in [3.8, 4) is 0 Å². The summed E-state index contributed by atoms with van der Waals surface area (Å²) in [7, 11) is -3.53. The van der Waals surface area contributed by atoms with Gasteiger partial charge in [-0.1, -0.05) is 50.1 Å². The van der Waals surface area contributed by atoms with Gasteiger partial charge >= 0.3 is 0 Å². The normalized spacial score (nSPS) is 12.5. The second kappa shape index (κ2) is 9.50. The second-order valence-corrected chi connectivity index (χ2v) is 8.00. The molecule has 0 saturated heterocycles. The minimum Gasteiger partial charge on any atom is -0.346 e. The minimum atomic E-state index is -3.53. The van der Waals surface area contributed by atoms with Crippen molar-refractivity contribution < 1.29 is 13.2 Å². The van der Waals surface area contributed by atoms with Gasteiger partial charge in [-0.2, -0.15) is 0 Å². The summed E-state index contributed by atoms with van der Waals surface area (Å²) in [5.74, 6) is -0.235. The van der Waals surface area contributed by atoms with Crippen molar-refractivity contribution in [1.82, 2.24) is 10.0 Å². The number of benzene rings is 2. The van der Waals surface area contributed by atoms with E-state index in [1.807, 2.05) is 37.3 Å². The third-order valence-corrected chi connectivity index (χ3v) is 5.62. The minimum absolute atomic E-state index is 0.132. The van der Waals surface area contributed by atoms with Crippen LogP contribution in [0.3, 0.4) is 0 Å². The van der Waals surface area contributed by atoms with Gasteiger partial charge in [-0.05, 0) is 43.2 Å². The van der Waals surface area contributed by atoms with E-state index in [1.165, 1.54) is 24.3 Å². The highest BCUT2D eigenvalue weighted by Gasteiger charge is 2.15. The Hall–Kier alpha value is -2.18. The first-order valence-corrected chi connectivity index (χ1v) is 10.4. The molecule has 140 valence electrons. The van der Waals surface area contributed by atoms with Crippen molar-refractivity contribution in [3.63, 3.8) is 0 Å². The van der Waals surface area contributed by atoms with Crippen molar-refractivity contribution in [1.29, 1.82) is 0 Å². The van der Waals surface area contributed by atoms with Crippen molar-refractivity contribution in [2.24, 2.45) is 0 Å². The first-order valence-electron chi connectivity index (χ1n) is 8.89. The Balaban J connectivity index is 1.98. The van der Waals surface area contributed by atoms with E-state index in [0.29, 0.717) is 12.1 Å². The van der Waals surface area contributed by atoms with E-state index in [4.69, 9.17) is 0 Å². The van der Waals surface area contributed by atoms with Crippen LogP contribution in [0.1, 0.15) is 55.1 Å². The van der Waals surface area contributed by atoms with Gasteiger partial charge in [-0.15, -0.1) is 0 Å². The van der Waals surface area contributed by atoms with E-state index >= 15 is 0 Å². The molecule has 5 nitrogen and oxygen atoms in total. The summed E-state index contributed by atoms with van der Waals surface area (Å²) in [5, 5.41) is 2.91. The zero-order valence-corrected chi connectivity index (χ0v) is 16.1. The molecule has 2 aromatic rings. The molecule has 2 rings (SSSR count). The maximum Gasteiger partial charge on any atom is 0.251 e. The van der Waals surface area contributed by atoms with Gasteiger partial charge in [-0.3, -0.25) is 4.79 Å².